The van der Waals surface area contributed by atoms with Crippen molar-refractivity contribution in [2.75, 3.05) is 33.2 Å². The van der Waals surface area contributed by atoms with Crippen molar-refractivity contribution in [3.05, 3.63) is 59.4 Å². The summed E-state index contributed by atoms with van der Waals surface area (Å²) in [5.41, 5.74) is 8.39. The SMILES string of the molecule is C=C(N)C1CCCCN1C(=O)c1ccc(CC=N/C=C(\C=NC)CCC2CCN(CC(F)(CC)CC)CC2)cc1. The van der Waals surface area contributed by atoms with Crippen molar-refractivity contribution in [1.82, 2.24) is 9.80 Å². The average Bonchev–Trinajstić information content (AvgIpc) is 2.98. The zero-order chi connectivity index (χ0) is 29.0. The minimum Gasteiger partial charge on any atom is -0.401 e. The maximum Gasteiger partial charge on any atom is 0.254 e. The van der Waals surface area contributed by atoms with E-state index in [4.69, 9.17) is 5.73 Å². The molecule has 40 heavy (non-hydrogen) atoms. The number of nitrogens with zero attached hydrogens (tertiary/aromatic N) is 4. The van der Waals surface area contributed by atoms with Gasteiger partial charge in [0.2, 0.25) is 0 Å². The summed E-state index contributed by atoms with van der Waals surface area (Å²) in [6.45, 7) is 11.0. The predicted octanol–water partition coefficient (Wildman–Crippen LogP) is 6.37. The van der Waals surface area contributed by atoms with Crippen LogP contribution in [0.1, 0.15) is 87.6 Å². The Hall–Kier alpha value is -2.80. The monoisotopic (exact) mass is 551 g/mol. The third-order valence-corrected chi connectivity index (χ3v) is 8.68. The highest BCUT2D eigenvalue weighted by molar-refractivity contribution is 5.94. The standard InChI is InChI=1S/C33H50FN5O/c1-5-33(34,6-2)25-38-21-17-28(18-22-38)10-11-29(23-36-4)24-37-19-16-27-12-14-30(15-13-27)32(40)39-20-8-7-9-31(39)26(3)35/h12-15,19,23-24,28,31H,3,5-11,16-18,20-22,25,35H2,1-2,4H3/b29-24-,36-23?,37-19?. The van der Waals surface area contributed by atoms with Gasteiger partial charge >= 0.3 is 0 Å². The molecule has 0 radical (unpaired) electrons. The lowest BCUT2D eigenvalue weighted by Crippen LogP contribution is -2.46. The van der Waals surface area contributed by atoms with E-state index in [1.807, 2.05) is 61.6 Å². The Bertz CT molecular complexity index is 1040. The molecule has 1 aromatic carbocycles. The van der Waals surface area contributed by atoms with E-state index in [1.54, 1.807) is 7.05 Å². The van der Waals surface area contributed by atoms with Crippen LogP contribution < -0.4 is 5.73 Å². The summed E-state index contributed by atoms with van der Waals surface area (Å²) in [4.78, 5) is 26.0. The third kappa shape index (κ3) is 9.39. The number of carbonyl (C=O) groups excluding carboxylic acids is 1. The normalized spacial score (nSPS) is 20.1. The Morgan fingerprint density at radius 3 is 2.45 bits per heavy atom. The summed E-state index contributed by atoms with van der Waals surface area (Å²) in [5, 5.41) is 0. The zero-order valence-corrected chi connectivity index (χ0v) is 25.0. The number of carbonyl (C=O) groups is 1. The Balaban J connectivity index is 1.46. The van der Waals surface area contributed by atoms with Gasteiger partial charge in [-0.05, 0) is 100 Å². The summed E-state index contributed by atoms with van der Waals surface area (Å²) < 4.78 is 14.8. The molecule has 0 aromatic heterocycles. The van der Waals surface area contributed by atoms with E-state index >= 15 is 0 Å². The van der Waals surface area contributed by atoms with E-state index in [2.05, 4.69) is 21.5 Å². The lowest BCUT2D eigenvalue weighted by atomic mass is 9.89. The summed E-state index contributed by atoms with van der Waals surface area (Å²) in [5.74, 6) is 0.682. The van der Waals surface area contributed by atoms with Crippen molar-refractivity contribution in [2.45, 2.75) is 89.8 Å². The van der Waals surface area contributed by atoms with Crippen LogP contribution in [0.3, 0.4) is 0 Å². The minimum atomic E-state index is -1.05. The molecule has 7 heteroatoms. The summed E-state index contributed by atoms with van der Waals surface area (Å²) in [6, 6.07) is 7.70. The molecule has 0 saturated carbocycles. The van der Waals surface area contributed by atoms with Crippen molar-refractivity contribution in [3.8, 4) is 0 Å². The average molecular weight is 552 g/mol. The van der Waals surface area contributed by atoms with Gasteiger partial charge < -0.3 is 15.5 Å². The van der Waals surface area contributed by atoms with Gasteiger partial charge in [-0.3, -0.25) is 14.8 Å². The van der Waals surface area contributed by atoms with Gasteiger partial charge in [0.15, 0.2) is 0 Å². The second-order valence-electron chi connectivity index (χ2n) is 11.5. The Labute approximate surface area is 241 Å². The highest BCUT2D eigenvalue weighted by Gasteiger charge is 2.30. The molecule has 3 rings (SSSR count). The van der Waals surface area contributed by atoms with Crippen LogP contribution in [-0.4, -0.2) is 73.1 Å². The molecule has 2 fully saturated rings. The van der Waals surface area contributed by atoms with Crippen LogP contribution in [0, 0.1) is 5.92 Å². The van der Waals surface area contributed by atoms with Gasteiger partial charge in [0.25, 0.3) is 5.91 Å². The summed E-state index contributed by atoms with van der Waals surface area (Å²) >= 11 is 0. The third-order valence-electron chi connectivity index (χ3n) is 8.68. The van der Waals surface area contributed by atoms with Gasteiger partial charge in [-0.1, -0.05) is 32.6 Å². The summed E-state index contributed by atoms with van der Waals surface area (Å²) in [6.07, 6.45) is 14.8. The van der Waals surface area contributed by atoms with Crippen LogP contribution in [0.5, 0.6) is 0 Å². The molecule has 2 heterocycles. The van der Waals surface area contributed by atoms with Crippen molar-refractivity contribution >= 4 is 18.3 Å². The number of hydrogen-bond acceptors (Lipinski definition) is 5. The zero-order valence-electron chi connectivity index (χ0n) is 25.0. The fourth-order valence-electron chi connectivity index (χ4n) is 5.82. The van der Waals surface area contributed by atoms with Crippen molar-refractivity contribution in [2.24, 2.45) is 21.6 Å². The molecule has 1 amide bonds. The van der Waals surface area contributed by atoms with Gasteiger partial charge in [0.1, 0.15) is 5.67 Å². The number of benzene rings is 1. The van der Waals surface area contributed by atoms with E-state index in [0.717, 1.165) is 75.7 Å². The number of halogens is 1. The van der Waals surface area contributed by atoms with Gasteiger partial charge in [-0.25, -0.2) is 4.39 Å². The molecular weight excluding hydrogens is 501 g/mol. The quantitative estimate of drug-likeness (QED) is 0.290. The van der Waals surface area contributed by atoms with Crippen LogP contribution in [0.4, 0.5) is 4.39 Å². The van der Waals surface area contributed by atoms with Crippen LogP contribution in [0.15, 0.2) is 58.3 Å². The van der Waals surface area contributed by atoms with E-state index in [-0.39, 0.29) is 11.9 Å². The number of aliphatic imine (C=N–C) groups is 2. The van der Waals surface area contributed by atoms with E-state index in [1.165, 1.54) is 0 Å². The molecule has 2 aliphatic rings. The number of likely N-dealkylation sites (tertiary alicyclic amines) is 2. The number of amides is 1. The molecule has 1 atom stereocenters. The van der Waals surface area contributed by atoms with Gasteiger partial charge in [-0.15, -0.1) is 0 Å². The number of allylic oxidation sites excluding steroid dienone is 1. The Morgan fingerprint density at radius 2 is 1.82 bits per heavy atom. The lowest BCUT2D eigenvalue weighted by molar-refractivity contribution is 0.0628. The van der Waals surface area contributed by atoms with Gasteiger partial charge in [-0.2, -0.15) is 0 Å². The van der Waals surface area contributed by atoms with Crippen molar-refractivity contribution in [1.29, 1.82) is 0 Å². The Kier molecular flexibility index (Phi) is 12.6. The first-order valence-electron chi connectivity index (χ1n) is 15.2. The fourth-order valence-corrected chi connectivity index (χ4v) is 5.82. The number of rotatable bonds is 13. The fraction of sp³-hybridized carbons (Fsp3) is 0.606. The molecule has 6 nitrogen and oxygen atoms in total. The first-order valence-corrected chi connectivity index (χ1v) is 15.2. The molecule has 0 aliphatic carbocycles. The maximum atomic E-state index is 14.8. The number of alkyl halides is 1. The minimum absolute atomic E-state index is 0.0195. The molecule has 0 spiro atoms. The smallest absolute Gasteiger partial charge is 0.254 e. The lowest BCUT2D eigenvalue weighted by Gasteiger charge is -2.36. The predicted molar refractivity (Wildman–Crippen MR) is 166 cm³/mol. The Morgan fingerprint density at radius 1 is 1.12 bits per heavy atom. The number of hydrogen-bond donors (Lipinski definition) is 1. The van der Waals surface area contributed by atoms with E-state index < -0.39 is 5.67 Å². The van der Waals surface area contributed by atoms with E-state index in [9.17, 15) is 9.18 Å². The molecule has 220 valence electrons. The molecule has 1 aromatic rings. The molecule has 0 bridgehead atoms. The molecular formula is C33H50FN5O. The highest BCUT2D eigenvalue weighted by Crippen LogP contribution is 2.28. The van der Waals surface area contributed by atoms with Crippen LogP contribution in [0.2, 0.25) is 0 Å². The molecule has 2 N–H and O–H groups in total. The van der Waals surface area contributed by atoms with Gasteiger partial charge in [0.05, 0.1) is 6.04 Å². The maximum absolute atomic E-state index is 14.8. The second kappa shape index (κ2) is 15.8. The van der Waals surface area contributed by atoms with Crippen molar-refractivity contribution in [3.63, 3.8) is 0 Å². The first-order chi connectivity index (χ1) is 19.3. The topological polar surface area (TPSA) is 74.3 Å². The van der Waals surface area contributed by atoms with Crippen molar-refractivity contribution < 1.29 is 9.18 Å². The highest BCUT2D eigenvalue weighted by atomic mass is 19.1. The second-order valence-corrected chi connectivity index (χ2v) is 11.5. The van der Waals surface area contributed by atoms with E-state index in [0.29, 0.717) is 43.0 Å². The summed E-state index contributed by atoms with van der Waals surface area (Å²) in [7, 11) is 1.79. The first kappa shape index (κ1) is 31.7. The van der Waals surface area contributed by atoms with Crippen LogP contribution in [-0.2, 0) is 6.42 Å². The largest absolute Gasteiger partial charge is 0.401 e. The van der Waals surface area contributed by atoms with Crippen LogP contribution >= 0.6 is 0 Å². The van der Waals surface area contributed by atoms with Crippen LogP contribution in [0.25, 0.3) is 0 Å². The number of nitrogens with two attached hydrogens (primary N) is 1. The molecule has 2 aliphatic heterocycles. The number of piperidine rings is 2. The van der Waals surface area contributed by atoms with Gasteiger partial charge in [0, 0.05) is 56.4 Å². The molecule has 1 unspecified atom stereocenters. The molecule has 2 saturated heterocycles.